The molecule has 1 aliphatic carbocycles. The molecule has 0 saturated heterocycles. The molecule has 3 heterocycles. The molecule has 0 amide bonds. The van der Waals surface area contributed by atoms with Crippen LogP contribution < -0.4 is 0 Å². The highest BCUT2D eigenvalue weighted by molar-refractivity contribution is 5.82. The molecule has 1 aliphatic heterocycles. The minimum Gasteiger partial charge on any atom is -0.327 e. The van der Waals surface area contributed by atoms with Gasteiger partial charge in [0.1, 0.15) is 5.82 Å². The van der Waals surface area contributed by atoms with Gasteiger partial charge in [-0.25, -0.2) is 4.98 Å². The van der Waals surface area contributed by atoms with E-state index < -0.39 is 0 Å². The van der Waals surface area contributed by atoms with Gasteiger partial charge < -0.3 is 4.57 Å². The maximum atomic E-state index is 4.91. The van der Waals surface area contributed by atoms with Crippen molar-refractivity contribution in [2.75, 3.05) is 13.1 Å². The molecule has 2 aromatic heterocycles. The van der Waals surface area contributed by atoms with Gasteiger partial charge in [-0.15, -0.1) is 0 Å². The van der Waals surface area contributed by atoms with Crippen molar-refractivity contribution in [3.8, 4) is 11.1 Å². The monoisotopic (exact) mass is 318 g/mol. The van der Waals surface area contributed by atoms with Gasteiger partial charge in [0, 0.05) is 50.1 Å². The third-order valence-corrected chi connectivity index (χ3v) is 5.65. The first-order valence-corrected chi connectivity index (χ1v) is 9.02. The average molecular weight is 318 g/mol. The Balaban J connectivity index is 1.51. The summed E-state index contributed by atoms with van der Waals surface area (Å²) in [5.41, 5.74) is 4.77. The van der Waals surface area contributed by atoms with Crippen LogP contribution in [0.15, 0.2) is 42.7 Å². The molecule has 1 aromatic carbocycles. The smallest absolute Gasteiger partial charge is 0.111 e. The summed E-state index contributed by atoms with van der Waals surface area (Å²) in [6, 6.07) is 11.5. The maximum absolute atomic E-state index is 4.91. The van der Waals surface area contributed by atoms with Crippen LogP contribution in [-0.2, 0) is 13.0 Å². The van der Waals surface area contributed by atoms with Crippen LogP contribution >= 0.6 is 0 Å². The fraction of sp³-hybridized carbons (Fsp3) is 0.400. The lowest BCUT2D eigenvalue weighted by Crippen LogP contribution is -2.41. The standard InChI is InChI=1S/C20H22N4/c1-4-17(5-1)23-10-8-20-22-18-7-6-15(16-3-2-9-21-14-16)13-19(18)24(20)12-11-23/h2-3,6-7,9,13-14,17H,1,4-5,8,10-12H2. The predicted octanol–water partition coefficient (Wildman–Crippen LogP) is 3.51. The van der Waals surface area contributed by atoms with Gasteiger partial charge >= 0.3 is 0 Å². The molecule has 0 spiro atoms. The van der Waals surface area contributed by atoms with Crippen molar-refractivity contribution in [3.63, 3.8) is 0 Å². The van der Waals surface area contributed by atoms with E-state index in [-0.39, 0.29) is 0 Å². The van der Waals surface area contributed by atoms with Gasteiger partial charge in [0.15, 0.2) is 0 Å². The van der Waals surface area contributed by atoms with Crippen LogP contribution in [0.25, 0.3) is 22.2 Å². The van der Waals surface area contributed by atoms with Crippen LogP contribution in [0.2, 0.25) is 0 Å². The van der Waals surface area contributed by atoms with Gasteiger partial charge in [0.25, 0.3) is 0 Å². The minimum absolute atomic E-state index is 0.826. The lowest BCUT2D eigenvalue weighted by Gasteiger charge is -2.36. The van der Waals surface area contributed by atoms with E-state index in [0.29, 0.717) is 0 Å². The molecular weight excluding hydrogens is 296 g/mol. The van der Waals surface area contributed by atoms with Crippen molar-refractivity contribution in [1.82, 2.24) is 19.4 Å². The zero-order valence-corrected chi connectivity index (χ0v) is 13.9. The summed E-state index contributed by atoms with van der Waals surface area (Å²) in [4.78, 5) is 11.8. The molecular formula is C20H22N4. The molecule has 0 bridgehead atoms. The van der Waals surface area contributed by atoms with E-state index >= 15 is 0 Å². The maximum Gasteiger partial charge on any atom is 0.111 e. The van der Waals surface area contributed by atoms with Crippen LogP contribution in [0.5, 0.6) is 0 Å². The topological polar surface area (TPSA) is 34.0 Å². The molecule has 0 N–H and O–H groups in total. The summed E-state index contributed by atoms with van der Waals surface area (Å²) < 4.78 is 2.44. The van der Waals surface area contributed by atoms with Gasteiger partial charge in [-0.05, 0) is 36.6 Å². The zero-order valence-electron chi connectivity index (χ0n) is 13.9. The van der Waals surface area contributed by atoms with Crippen molar-refractivity contribution in [1.29, 1.82) is 0 Å². The van der Waals surface area contributed by atoms with Crippen LogP contribution in [0.3, 0.4) is 0 Å². The third kappa shape index (κ3) is 2.33. The molecule has 122 valence electrons. The number of nitrogens with zero attached hydrogens (tertiary/aromatic N) is 4. The van der Waals surface area contributed by atoms with Crippen molar-refractivity contribution in [2.45, 2.75) is 38.3 Å². The highest BCUT2D eigenvalue weighted by Gasteiger charge is 2.27. The molecule has 24 heavy (non-hydrogen) atoms. The fourth-order valence-electron chi connectivity index (χ4n) is 4.03. The predicted molar refractivity (Wildman–Crippen MR) is 95.9 cm³/mol. The molecule has 0 unspecified atom stereocenters. The minimum atomic E-state index is 0.826. The molecule has 4 heteroatoms. The Labute approximate surface area is 142 Å². The summed E-state index contributed by atoms with van der Waals surface area (Å²) in [5.74, 6) is 1.25. The van der Waals surface area contributed by atoms with E-state index in [1.165, 1.54) is 41.7 Å². The van der Waals surface area contributed by atoms with Crippen molar-refractivity contribution in [3.05, 3.63) is 48.5 Å². The highest BCUT2D eigenvalue weighted by Crippen LogP contribution is 2.29. The van der Waals surface area contributed by atoms with Crippen LogP contribution in [0, 0.1) is 0 Å². The van der Waals surface area contributed by atoms with Crippen molar-refractivity contribution < 1.29 is 0 Å². The Morgan fingerprint density at radius 1 is 1.00 bits per heavy atom. The number of pyridine rings is 1. The molecule has 5 rings (SSSR count). The number of fused-ring (bicyclic) bond motifs is 3. The Hall–Kier alpha value is -2.20. The third-order valence-electron chi connectivity index (χ3n) is 5.65. The lowest BCUT2D eigenvalue weighted by molar-refractivity contribution is 0.130. The molecule has 1 fully saturated rings. The van der Waals surface area contributed by atoms with Gasteiger partial charge in [-0.2, -0.15) is 0 Å². The van der Waals surface area contributed by atoms with Crippen LogP contribution in [0.1, 0.15) is 25.1 Å². The summed E-state index contributed by atoms with van der Waals surface area (Å²) in [7, 11) is 0. The Bertz CT molecular complexity index is 864. The van der Waals surface area contributed by atoms with Gasteiger partial charge in [-0.1, -0.05) is 18.6 Å². The number of benzene rings is 1. The molecule has 2 aliphatic rings. The highest BCUT2D eigenvalue weighted by atomic mass is 15.2. The SMILES string of the molecule is c1cncc(-c2ccc3nc4n(c3c2)CCN(C2CCC2)CC4)c1. The van der Waals surface area contributed by atoms with E-state index in [4.69, 9.17) is 4.98 Å². The van der Waals surface area contributed by atoms with E-state index in [2.05, 4.69) is 38.7 Å². The second kappa shape index (κ2) is 5.71. The zero-order chi connectivity index (χ0) is 15.9. The second-order valence-electron chi connectivity index (χ2n) is 7.00. The second-order valence-corrected chi connectivity index (χ2v) is 7.00. The summed E-state index contributed by atoms with van der Waals surface area (Å²) >= 11 is 0. The first kappa shape index (κ1) is 14.2. The Morgan fingerprint density at radius 2 is 1.96 bits per heavy atom. The van der Waals surface area contributed by atoms with E-state index in [0.717, 1.165) is 37.6 Å². The number of aromatic nitrogens is 3. The van der Waals surface area contributed by atoms with Crippen LogP contribution in [0.4, 0.5) is 0 Å². The molecule has 4 nitrogen and oxygen atoms in total. The first-order chi connectivity index (χ1) is 11.9. The molecule has 0 radical (unpaired) electrons. The first-order valence-electron chi connectivity index (χ1n) is 9.02. The fourth-order valence-corrected chi connectivity index (χ4v) is 4.03. The van der Waals surface area contributed by atoms with E-state index in [1.54, 1.807) is 0 Å². The van der Waals surface area contributed by atoms with Gasteiger partial charge in [0.2, 0.25) is 0 Å². The average Bonchev–Trinajstić information content (AvgIpc) is 2.80. The van der Waals surface area contributed by atoms with E-state index in [9.17, 15) is 0 Å². The largest absolute Gasteiger partial charge is 0.327 e. The van der Waals surface area contributed by atoms with Gasteiger partial charge in [0.05, 0.1) is 11.0 Å². The van der Waals surface area contributed by atoms with Crippen LogP contribution in [-0.4, -0.2) is 38.6 Å². The Kier molecular flexibility index (Phi) is 3.37. The van der Waals surface area contributed by atoms with Gasteiger partial charge in [-0.3, -0.25) is 9.88 Å². The lowest BCUT2D eigenvalue weighted by atomic mass is 9.91. The van der Waals surface area contributed by atoms with Crippen molar-refractivity contribution >= 4 is 11.0 Å². The quantitative estimate of drug-likeness (QED) is 0.725. The summed E-state index contributed by atoms with van der Waals surface area (Å²) in [6.45, 7) is 3.36. The molecule has 0 atom stereocenters. The summed E-state index contributed by atoms with van der Waals surface area (Å²) in [6.07, 6.45) is 8.99. The number of rotatable bonds is 2. The normalized spacial score (nSPS) is 19.0. The number of hydrogen-bond acceptors (Lipinski definition) is 3. The molecule has 3 aromatic rings. The summed E-state index contributed by atoms with van der Waals surface area (Å²) in [5, 5.41) is 0. The Morgan fingerprint density at radius 3 is 2.75 bits per heavy atom. The number of hydrogen-bond donors (Lipinski definition) is 0. The van der Waals surface area contributed by atoms with Crippen molar-refractivity contribution in [2.24, 2.45) is 0 Å². The number of imidazole rings is 1. The van der Waals surface area contributed by atoms with E-state index in [1.807, 2.05) is 18.5 Å². The molecule has 1 saturated carbocycles.